The second kappa shape index (κ2) is 12.1. The quantitative estimate of drug-likeness (QED) is 0.239. The first kappa shape index (κ1) is 32.7. The van der Waals surface area contributed by atoms with Crippen LogP contribution in [0.2, 0.25) is 0 Å². The van der Waals surface area contributed by atoms with Crippen LogP contribution in [-0.4, -0.2) is 99.1 Å². The third-order valence-electron chi connectivity index (χ3n) is 8.38. The van der Waals surface area contributed by atoms with E-state index in [1.807, 2.05) is 13.1 Å². The largest absolute Gasteiger partial charge is 0.504 e. The number of alkyl halides is 3. The monoisotopic (exact) mass is 629 g/mol. The van der Waals surface area contributed by atoms with E-state index in [-0.39, 0.29) is 29.7 Å². The molecule has 16 heteroatoms. The number of aromatic hydroxyl groups is 1. The number of phenolic OH excluding ortho intramolecular Hbond substituents is 1. The first-order valence-electron chi connectivity index (χ1n) is 13.6. The van der Waals surface area contributed by atoms with E-state index >= 15 is 0 Å². The van der Waals surface area contributed by atoms with Gasteiger partial charge in [0.2, 0.25) is 12.4 Å². The summed E-state index contributed by atoms with van der Waals surface area (Å²) >= 11 is 0. The SMILES string of the molecule is CN1CCC[C@]23c4c5ccc(O)c4O[C@H]2C(OC(=O)CCC(=O)O[C@@H](CC(=O)O)C(=O)O)=CC[C@@]3(O)[C@H]1C5.O=CC(F)(F)F. The van der Waals surface area contributed by atoms with Gasteiger partial charge in [-0.25, -0.2) is 4.79 Å². The zero-order chi connectivity index (χ0) is 32.6. The van der Waals surface area contributed by atoms with Crippen LogP contribution in [0.4, 0.5) is 13.2 Å². The van der Waals surface area contributed by atoms with Crippen molar-refractivity contribution in [3.05, 3.63) is 35.1 Å². The van der Waals surface area contributed by atoms with Crippen molar-refractivity contribution in [3.8, 4) is 11.5 Å². The van der Waals surface area contributed by atoms with Crippen molar-refractivity contribution in [1.82, 2.24) is 4.90 Å². The molecule has 1 aromatic rings. The average Bonchev–Trinajstić information content (AvgIpc) is 3.28. The molecule has 2 aliphatic carbocycles. The van der Waals surface area contributed by atoms with Gasteiger partial charge in [0.15, 0.2) is 17.6 Å². The molecule has 5 rings (SSSR count). The van der Waals surface area contributed by atoms with Gasteiger partial charge in [0.25, 0.3) is 0 Å². The first-order chi connectivity index (χ1) is 20.5. The number of ether oxygens (including phenoxy) is 3. The first-order valence-corrected chi connectivity index (χ1v) is 13.6. The molecule has 1 saturated heterocycles. The van der Waals surface area contributed by atoms with Crippen LogP contribution in [0.15, 0.2) is 24.0 Å². The number of carboxylic acids is 2. The molecule has 2 heterocycles. The third kappa shape index (κ3) is 5.95. The highest BCUT2D eigenvalue weighted by Gasteiger charge is 2.71. The van der Waals surface area contributed by atoms with Crippen LogP contribution in [-0.2, 0) is 45.3 Å². The molecule has 2 aliphatic heterocycles. The van der Waals surface area contributed by atoms with Gasteiger partial charge in [-0.15, -0.1) is 0 Å². The number of aliphatic hydroxyl groups is 1. The van der Waals surface area contributed by atoms with E-state index < -0.39 is 78.8 Å². The fourth-order valence-electron chi connectivity index (χ4n) is 6.63. The lowest BCUT2D eigenvalue weighted by molar-refractivity contribution is -0.168. The number of esters is 2. The van der Waals surface area contributed by atoms with Gasteiger partial charge in [0.1, 0.15) is 5.76 Å². The van der Waals surface area contributed by atoms with Gasteiger partial charge in [-0.05, 0) is 50.6 Å². The standard InChI is InChI=1S/C26H29NO11.C2HF3O/c1-27-10-2-8-25-21-13-3-4-14(28)22(21)38-23(25)15(7-9-26(25,35)17(27)11-13)36-19(31)5-6-20(32)37-16(24(33)34)12-18(29)30;3-2(4,5)1-6/h3-4,7,16-17,23,28,35H,2,5-6,8-12H2,1H3,(H,29,30)(H,33,34);1H/t16-,17+,23-,25-,26+;/m0./s1. The number of benzene rings is 1. The molecule has 0 amide bonds. The number of carboxylic acid groups (broad SMARTS) is 2. The maximum Gasteiger partial charge on any atom is 0.446 e. The number of likely N-dealkylation sites (tertiary alicyclic amines) is 1. The Labute approximate surface area is 247 Å². The predicted octanol–water partition coefficient (Wildman–Crippen LogP) is 1.60. The molecule has 2 bridgehead atoms. The molecule has 4 aliphatic rings. The van der Waals surface area contributed by atoms with Crippen molar-refractivity contribution in [3.63, 3.8) is 0 Å². The van der Waals surface area contributed by atoms with Crippen LogP contribution in [0, 0.1) is 0 Å². The number of rotatable bonds is 8. The summed E-state index contributed by atoms with van der Waals surface area (Å²) in [5.74, 6) is -4.52. The Morgan fingerprint density at radius 2 is 1.84 bits per heavy atom. The number of hydrogen-bond acceptors (Lipinski definition) is 11. The Kier molecular flexibility index (Phi) is 8.98. The topological polar surface area (TPSA) is 197 Å². The number of likely N-dealkylation sites (N-methyl/N-ethyl adjacent to an activating group) is 1. The lowest BCUT2D eigenvalue weighted by Gasteiger charge is -2.56. The summed E-state index contributed by atoms with van der Waals surface area (Å²) in [6.45, 7) is 0.757. The molecule has 0 saturated carbocycles. The minimum absolute atomic E-state index is 0.0614. The molecule has 4 N–H and O–H groups in total. The van der Waals surface area contributed by atoms with E-state index in [1.165, 1.54) is 0 Å². The van der Waals surface area contributed by atoms with Crippen molar-refractivity contribution in [1.29, 1.82) is 0 Å². The number of aliphatic carboxylic acids is 2. The summed E-state index contributed by atoms with van der Waals surface area (Å²) in [7, 11) is 1.97. The maximum atomic E-state index is 12.7. The molecule has 5 atom stereocenters. The van der Waals surface area contributed by atoms with Crippen molar-refractivity contribution in [2.24, 2.45) is 0 Å². The molecule has 1 fully saturated rings. The highest BCUT2D eigenvalue weighted by Crippen LogP contribution is 2.64. The van der Waals surface area contributed by atoms with Crippen LogP contribution in [0.1, 0.15) is 49.7 Å². The molecule has 240 valence electrons. The van der Waals surface area contributed by atoms with Crippen molar-refractivity contribution < 1.29 is 71.8 Å². The van der Waals surface area contributed by atoms with Crippen LogP contribution in [0.5, 0.6) is 11.5 Å². The number of halogens is 3. The van der Waals surface area contributed by atoms with Crippen LogP contribution >= 0.6 is 0 Å². The van der Waals surface area contributed by atoms with E-state index in [2.05, 4.69) is 9.64 Å². The fraction of sp³-hybridized carbons (Fsp3) is 0.536. The second-order valence-electron chi connectivity index (χ2n) is 11.0. The van der Waals surface area contributed by atoms with Gasteiger partial charge in [-0.1, -0.05) is 6.07 Å². The zero-order valence-electron chi connectivity index (χ0n) is 23.3. The van der Waals surface area contributed by atoms with Crippen LogP contribution in [0.25, 0.3) is 0 Å². The molecule has 44 heavy (non-hydrogen) atoms. The minimum atomic E-state index is -4.64. The van der Waals surface area contributed by atoms with Crippen molar-refractivity contribution >= 4 is 30.2 Å². The highest BCUT2D eigenvalue weighted by atomic mass is 19.4. The highest BCUT2D eigenvalue weighted by molar-refractivity contribution is 5.84. The Morgan fingerprint density at radius 3 is 2.45 bits per heavy atom. The lowest BCUT2D eigenvalue weighted by atomic mass is 9.52. The number of carbonyl (C=O) groups is 5. The van der Waals surface area contributed by atoms with Crippen molar-refractivity contribution in [2.45, 2.75) is 80.4 Å². The van der Waals surface area contributed by atoms with Gasteiger partial charge < -0.3 is 39.5 Å². The maximum absolute atomic E-state index is 12.7. The number of carbonyl (C=O) groups excluding carboxylic acids is 3. The van der Waals surface area contributed by atoms with Gasteiger partial charge in [0.05, 0.1) is 30.3 Å². The second-order valence-corrected chi connectivity index (χ2v) is 11.0. The minimum Gasteiger partial charge on any atom is -0.504 e. The zero-order valence-corrected chi connectivity index (χ0v) is 23.3. The normalized spacial score (nSPS) is 27.2. The van der Waals surface area contributed by atoms with Gasteiger partial charge >= 0.3 is 30.1 Å². The van der Waals surface area contributed by atoms with E-state index in [0.717, 1.165) is 24.1 Å². The van der Waals surface area contributed by atoms with E-state index in [9.17, 15) is 42.6 Å². The lowest BCUT2D eigenvalue weighted by Crippen LogP contribution is -2.69. The molecular weight excluding hydrogens is 599 g/mol. The Bertz CT molecular complexity index is 1390. The van der Waals surface area contributed by atoms with Gasteiger partial charge in [0, 0.05) is 18.0 Å². The molecule has 0 aromatic heterocycles. The average molecular weight is 630 g/mol. The van der Waals surface area contributed by atoms with Crippen LogP contribution < -0.4 is 4.74 Å². The number of aldehydes is 1. The molecule has 0 unspecified atom stereocenters. The summed E-state index contributed by atoms with van der Waals surface area (Å²) in [5.41, 5.74) is -0.461. The van der Waals surface area contributed by atoms with Crippen LogP contribution in [0.3, 0.4) is 0 Å². The molecule has 13 nitrogen and oxygen atoms in total. The molecule has 1 aromatic carbocycles. The summed E-state index contributed by atoms with van der Waals surface area (Å²) in [4.78, 5) is 57.5. The summed E-state index contributed by atoms with van der Waals surface area (Å²) < 4.78 is 47.8. The van der Waals surface area contributed by atoms with E-state index in [1.54, 1.807) is 12.1 Å². The number of hydrogen-bond donors (Lipinski definition) is 4. The Hall–Kier alpha value is -4.18. The number of phenols is 1. The molecule has 1 spiro atoms. The molecular formula is C28H30F3NO12. The summed E-state index contributed by atoms with van der Waals surface area (Å²) in [6, 6.07) is 3.20. The fourth-order valence-corrected chi connectivity index (χ4v) is 6.63. The third-order valence-corrected chi connectivity index (χ3v) is 8.38. The van der Waals surface area contributed by atoms with E-state index in [0.29, 0.717) is 12.8 Å². The smallest absolute Gasteiger partial charge is 0.446 e. The summed E-state index contributed by atoms with van der Waals surface area (Å²) in [5, 5.41) is 40.6. The summed E-state index contributed by atoms with van der Waals surface area (Å²) in [6.07, 6.45) is -6.64. The predicted molar refractivity (Wildman–Crippen MR) is 138 cm³/mol. The number of nitrogens with zero attached hydrogens (tertiary/aromatic N) is 1. The van der Waals surface area contributed by atoms with Gasteiger partial charge in [-0.3, -0.25) is 19.2 Å². The van der Waals surface area contributed by atoms with E-state index in [4.69, 9.17) is 24.5 Å². The Morgan fingerprint density at radius 1 is 1.18 bits per heavy atom. The Balaban J connectivity index is 0.000000670. The van der Waals surface area contributed by atoms with Gasteiger partial charge in [-0.2, -0.15) is 13.2 Å². The van der Waals surface area contributed by atoms with Crippen molar-refractivity contribution in [2.75, 3.05) is 13.6 Å². The molecule has 0 radical (unpaired) electrons.